The third-order valence-corrected chi connectivity index (χ3v) is 17.8. The number of benzene rings is 10. The van der Waals surface area contributed by atoms with Crippen LogP contribution in [0.1, 0.15) is 115 Å². The van der Waals surface area contributed by atoms with E-state index in [1.54, 1.807) is 0 Å². The standard InChI is InChI=1S/C80H67N4O.Pt/c1-77(2,3)54-41-42-81-74(47-54)84-70-36-17-13-27-61(70)62-40-39-59(49-73(62)84)85-58-26-20-25-57(48-58)82-50-83(72-38-19-18-37-71(72)82)76-60(53-44-55(78(4,5)6)46-56(45-53)79(7,8)9)29-21-31-64(76)63-30-22-35-69-75(63)65-28-12-16-34-68(65)80(69)66-32-14-10-23-51(66)43-52-24-11-15-33-67(52)80;/h10-42,44-47,50H,43H2,1-9H3;/q-3;/i43D2;. The molecule has 0 unspecified atom stereocenters. The number of nitrogens with zero attached hydrogens (tertiary/aromatic N) is 4. The molecule has 1 spiro atoms. The summed E-state index contributed by atoms with van der Waals surface area (Å²) in [5, 5.41) is 2.19. The first-order valence-corrected chi connectivity index (χ1v) is 29.7. The Hall–Kier alpha value is -8.76. The Kier molecular flexibility index (Phi) is 12.6. The van der Waals surface area contributed by atoms with Gasteiger partial charge in [-0.2, -0.15) is 12.1 Å². The molecule has 3 aliphatic rings. The normalized spacial score (nSPS) is 14.9. The van der Waals surface area contributed by atoms with Gasteiger partial charge in [-0.1, -0.05) is 226 Å². The van der Waals surface area contributed by atoms with Crippen molar-refractivity contribution in [3.8, 4) is 50.7 Å². The molecule has 3 heterocycles. The van der Waals surface area contributed by atoms with Crippen molar-refractivity contribution in [2.45, 2.75) is 90.3 Å². The number of anilines is 4. The molecule has 0 bridgehead atoms. The number of aromatic nitrogens is 2. The van der Waals surface area contributed by atoms with Gasteiger partial charge in [0, 0.05) is 75.2 Å². The molecule has 0 saturated carbocycles. The second-order valence-electron chi connectivity index (χ2n) is 26.2. The number of ether oxygens (including phenoxy) is 1. The molecule has 1 aliphatic heterocycles. The fraction of sp³-hybridized carbons (Fsp3) is 0.175. The Morgan fingerprint density at radius 3 is 1.78 bits per heavy atom. The summed E-state index contributed by atoms with van der Waals surface area (Å²) in [5.74, 6) is 1.97. The fourth-order valence-electron chi connectivity index (χ4n) is 13.6. The number of rotatable bonds is 7. The summed E-state index contributed by atoms with van der Waals surface area (Å²) < 4.78 is 28.5. The summed E-state index contributed by atoms with van der Waals surface area (Å²) in [6.45, 7) is 22.8. The molecule has 2 aliphatic carbocycles. The van der Waals surface area contributed by atoms with Crippen LogP contribution in [0.25, 0.3) is 61.0 Å². The predicted molar refractivity (Wildman–Crippen MR) is 351 cm³/mol. The molecule has 2 aromatic heterocycles. The van der Waals surface area contributed by atoms with Gasteiger partial charge < -0.3 is 19.1 Å². The average molecular weight is 1300 g/mol. The van der Waals surface area contributed by atoms with Gasteiger partial charge in [-0.15, -0.1) is 48.1 Å². The largest absolute Gasteiger partial charge is 0.509 e. The Bertz CT molecular complexity index is 4700. The zero-order valence-corrected chi connectivity index (χ0v) is 52.2. The predicted octanol–water partition coefficient (Wildman–Crippen LogP) is 20.5. The van der Waals surface area contributed by atoms with E-state index in [0.717, 1.165) is 106 Å². The van der Waals surface area contributed by atoms with Crippen LogP contribution < -0.4 is 14.5 Å². The Morgan fingerprint density at radius 2 is 1.06 bits per heavy atom. The maximum absolute atomic E-state index is 9.76. The van der Waals surface area contributed by atoms with E-state index in [0.29, 0.717) is 22.6 Å². The fourth-order valence-corrected chi connectivity index (χ4v) is 13.6. The summed E-state index contributed by atoms with van der Waals surface area (Å²) in [6.07, 6.45) is 0.198. The van der Waals surface area contributed by atoms with Crippen LogP contribution in [-0.2, 0) is 49.1 Å². The smallest absolute Gasteiger partial charge is 0.135 e. The summed E-state index contributed by atoms with van der Waals surface area (Å²) in [6, 6.07) is 85.1. The average Bonchev–Trinajstić information content (AvgIpc) is 1.41. The van der Waals surface area contributed by atoms with Crippen molar-refractivity contribution in [1.29, 1.82) is 0 Å². The number of hydrogen-bond donors (Lipinski definition) is 0. The minimum Gasteiger partial charge on any atom is -0.509 e. The number of para-hydroxylation sites is 4. The molecule has 0 saturated heterocycles. The summed E-state index contributed by atoms with van der Waals surface area (Å²) in [4.78, 5) is 9.54. The van der Waals surface area contributed by atoms with Crippen LogP contribution in [0, 0.1) is 18.8 Å². The molecule has 426 valence electrons. The van der Waals surface area contributed by atoms with Crippen LogP contribution >= 0.6 is 0 Å². The van der Waals surface area contributed by atoms with Crippen molar-refractivity contribution in [3.63, 3.8) is 0 Å². The first-order chi connectivity index (χ1) is 41.8. The zero-order chi connectivity index (χ0) is 59.9. The van der Waals surface area contributed by atoms with Crippen LogP contribution in [0.4, 0.5) is 22.7 Å². The van der Waals surface area contributed by atoms with Crippen molar-refractivity contribution in [1.82, 2.24) is 9.55 Å². The first-order valence-electron chi connectivity index (χ1n) is 30.7. The van der Waals surface area contributed by atoms with E-state index < -0.39 is 11.8 Å². The van der Waals surface area contributed by atoms with E-state index in [4.69, 9.17) is 9.72 Å². The van der Waals surface area contributed by atoms with E-state index >= 15 is 0 Å². The second-order valence-corrected chi connectivity index (χ2v) is 26.2. The van der Waals surface area contributed by atoms with Crippen LogP contribution in [-0.4, -0.2) is 9.55 Å². The van der Waals surface area contributed by atoms with Crippen molar-refractivity contribution >= 4 is 44.6 Å². The molecular weight excluding hydrogens is 1230 g/mol. The van der Waals surface area contributed by atoms with E-state index in [1.165, 1.54) is 16.7 Å². The van der Waals surface area contributed by atoms with Gasteiger partial charge in [0.2, 0.25) is 0 Å². The molecule has 86 heavy (non-hydrogen) atoms. The van der Waals surface area contributed by atoms with Crippen molar-refractivity contribution in [3.05, 3.63) is 293 Å². The maximum atomic E-state index is 9.76. The Labute approximate surface area is 523 Å². The topological polar surface area (TPSA) is 33.5 Å². The minimum absolute atomic E-state index is 0. The van der Waals surface area contributed by atoms with Gasteiger partial charge in [0.15, 0.2) is 0 Å². The summed E-state index contributed by atoms with van der Waals surface area (Å²) in [7, 11) is 0. The van der Waals surface area contributed by atoms with E-state index in [9.17, 15) is 2.74 Å². The first kappa shape index (κ1) is 52.8. The molecular formula is C80H67N4OPt-3. The third-order valence-electron chi connectivity index (χ3n) is 17.8. The molecule has 12 aromatic rings. The molecule has 5 nitrogen and oxygen atoms in total. The molecule has 10 aromatic carbocycles. The van der Waals surface area contributed by atoms with E-state index in [1.807, 2.05) is 48.7 Å². The van der Waals surface area contributed by atoms with E-state index in [2.05, 4.69) is 271 Å². The van der Waals surface area contributed by atoms with Gasteiger partial charge in [-0.3, -0.25) is 0 Å². The quantitative estimate of drug-likeness (QED) is 0.149. The van der Waals surface area contributed by atoms with Crippen LogP contribution in [0.3, 0.4) is 0 Å². The van der Waals surface area contributed by atoms with Gasteiger partial charge in [0.25, 0.3) is 0 Å². The monoisotopic (exact) mass is 1300 g/mol. The SMILES string of the molecule is [2H]C1([2H])c2ccccc2C2(c3ccccc3-c3c(-c4cccc(-c5cc(C(C)(C)C)cc(C(C)(C)C)c5)c4N4[CH-]N(c5[c-]c(Oc6[c-]c7c(cc6)c6ccccc6n7-c6cc(C(C)(C)C)ccn6)ccc5)c5ccccc54)cccc32)c2ccccc21.[Pt]. The van der Waals surface area contributed by atoms with Gasteiger partial charge in [0.1, 0.15) is 5.82 Å². The van der Waals surface area contributed by atoms with Crippen molar-refractivity contribution in [2.75, 3.05) is 9.80 Å². The van der Waals surface area contributed by atoms with Gasteiger partial charge in [-0.25, -0.2) is 4.98 Å². The van der Waals surface area contributed by atoms with Crippen LogP contribution in [0.2, 0.25) is 0 Å². The molecule has 0 atom stereocenters. The van der Waals surface area contributed by atoms with Gasteiger partial charge >= 0.3 is 0 Å². The Balaban J connectivity index is 0.00000680. The van der Waals surface area contributed by atoms with E-state index in [-0.39, 0.29) is 37.3 Å². The number of hydrogen-bond acceptors (Lipinski definition) is 4. The van der Waals surface area contributed by atoms with Gasteiger partial charge in [-0.05, 0) is 131 Å². The zero-order valence-electron chi connectivity index (χ0n) is 52.0. The molecule has 0 amide bonds. The maximum Gasteiger partial charge on any atom is 0.135 e. The van der Waals surface area contributed by atoms with Crippen LogP contribution in [0.5, 0.6) is 11.5 Å². The van der Waals surface area contributed by atoms with Crippen molar-refractivity contribution < 1.29 is 28.5 Å². The number of fused-ring (bicyclic) bond motifs is 13. The summed E-state index contributed by atoms with van der Waals surface area (Å²) >= 11 is 0. The minimum atomic E-state index is -1.71. The molecule has 0 fully saturated rings. The van der Waals surface area contributed by atoms with Gasteiger partial charge in [0.05, 0.1) is 5.41 Å². The van der Waals surface area contributed by atoms with Crippen molar-refractivity contribution in [2.24, 2.45) is 0 Å². The molecule has 0 N–H and O–H groups in total. The molecule has 0 radical (unpaired) electrons. The number of pyridine rings is 1. The Morgan fingerprint density at radius 1 is 0.488 bits per heavy atom. The third kappa shape index (κ3) is 8.79. The summed E-state index contributed by atoms with van der Waals surface area (Å²) in [5.41, 5.74) is 20.8. The second kappa shape index (κ2) is 20.5. The van der Waals surface area contributed by atoms with Crippen LogP contribution in [0.15, 0.2) is 225 Å². The molecule has 6 heteroatoms. The molecule has 15 rings (SSSR count).